The predicted molar refractivity (Wildman–Crippen MR) is 204 cm³/mol. The Bertz CT molecular complexity index is 1940. The van der Waals surface area contributed by atoms with Gasteiger partial charge >= 0.3 is 11.9 Å². The van der Waals surface area contributed by atoms with E-state index >= 15 is 0 Å². The van der Waals surface area contributed by atoms with Crippen LogP contribution in [0.2, 0.25) is 0 Å². The number of methoxy groups -OCH3 is 1. The second kappa shape index (κ2) is 20.6. The zero-order valence-corrected chi connectivity index (χ0v) is 30.7. The number of rotatable bonds is 20. The molecule has 0 aliphatic heterocycles. The molecule has 0 heterocycles. The van der Waals surface area contributed by atoms with Gasteiger partial charge in [-0.25, -0.2) is 9.59 Å². The third kappa shape index (κ3) is 12.7. The molecule has 0 unspecified atom stereocenters. The van der Waals surface area contributed by atoms with E-state index in [0.717, 1.165) is 48.6 Å². The molecule has 54 heavy (non-hydrogen) atoms. The monoisotopic (exact) mass is 732 g/mol. The number of hydrogen-bond acceptors (Lipinski definition) is 11. The third-order valence-corrected chi connectivity index (χ3v) is 7.90. The van der Waals surface area contributed by atoms with Gasteiger partial charge in [-0.1, -0.05) is 17.7 Å². The van der Waals surface area contributed by atoms with Crippen LogP contribution < -0.4 is 23.7 Å². The highest BCUT2D eigenvalue weighted by atomic mass is 16.7. The van der Waals surface area contributed by atoms with Gasteiger partial charge < -0.3 is 33.2 Å². The van der Waals surface area contributed by atoms with Crippen LogP contribution in [0.5, 0.6) is 34.5 Å². The maximum atomic E-state index is 12.9. The van der Waals surface area contributed by atoms with Crippen molar-refractivity contribution in [1.29, 1.82) is 0 Å². The van der Waals surface area contributed by atoms with Crippen molar-refractivity contribution in [2.75, 3.05) is 33.7 Å². The summed E-state index contributed by atoms with van der Waals surface area (Å²) in [5.74, 6) is 2.39. The van der Waals surface area contributed by atoms with Crippen molar-refractivity contribution in [2.24, 2.45) is 10.2 Å². The molecule has 0 amide bonds. The Hall–Kier alpha value is -6.36. The number of azo groups is 1. The molecule has 0 atom stereocenters. The normalized spacial score (nSPS) is 10.8. The van der Waals surface area contributed by atoms with Gasteiger partial charge in [-0.2, -0.15) is 10.2 Å². The van der Waals surface area contributed by atoms with Gasteiger partial charge in [0.25, 0.3) is 0 Å². The van der Waals surface area contributed by atoms with Gasteiger partial charge in [-0.05, 0) is 143 Å². The molecule has 5 aromatic rings. The van der Waals surface area contributed by atoms with Gasteiger partial charge in [-0.15, -0.1) is 0 Å². The molecule has 0 N–H and O–H groups in total. The quantitative estimate of drug-likeness (QED) is 0.0333. The molecule has 0 bridgehead atoms. The van der Waals surface area contributed by atoms with Crippen LogP contribution in [-0.4, -0.2) is 45.7 Å². The van der Waals surface area contributed by atoms with Crippen molar-refractivity contribution in [1.82, 2.24) is 0 Å². The summed E-state index contributed by atoms with van der Waals surface area (Å²) in [6.07, 6.45) is 3.52. The molecule has 5 aromatic carbocycles. The van der Waals surface area contributed by atoms with Gasteiger partial charge in [0.2, 0.25) is 6.79 Å². The Labute approximate surface area is 315 Å². The molecular formula is C43H44N2O9. The number of aryl methyl sites for hydroxylation is 1. The molecule has 0 radical (unpaired) electrons. The molecule has 0 fully saturated rings. The number of carbonyl (C=O) groups excluding carboxylic acids is 2. The molecule has 0 spiro atoms. The van der Waals surface area contributed by atoms with E-state index < -0.39 is 11.9 Å². The second-order valence-corrected chi connectivity index (χ2v) is 12.1. The van der Waals surface area contributed by atoms with Gasteiger partial charge in [0.05, 0.1) is 49.4 Å². The van der Waals surface area contributed by atoms with E-state index in [1.54, 1.807) is 30.3 Å². The van der Waals surface area contributed by atoms with Crippen molar-refractivity contribution < 1.29 is 42.7 Å². The number of ether oxygens (including phenoxy) is 7. The SMILES string of the molecule is CCOc1ccc(Oc2ccc(OCOC(=O)c3cc(OCCCCCCOc4ccc(N=Nc5ccc(C)cc5)cc4)cc(C(=O)OC)c3)cc2)cc1. The van der Waals surface area contributed by atoms with E-state index in [-0.39, 0.29) is 17.9 Å². The van der Waals surface area contributed by atoms with E-state index in [2.05, 4.69) is 10.2 Å². The van der Waals surface area contributed by atoms with E-state index in [9.17, 15) is 9.59 Å². The van der Waals surface area contributed by atoms with Crippen molar-refractivity contribution >= 4 is 23.3 Å². The number of esters is 2. The van der Waals surface area contributed by atoms with E-state index in [1.165, 1.54) is 24.8 Å². The fourth-order valence-corrected chi connectivity index (χ4v) is 5.05. The number of benzene rings is 5. The van der Waals surface area contributed by atoms with Crippen molar-refractivity contribution in [3.63, 3.8) is 0 Å². The topological polar surface area (TPSA) is 123 Å². The Morgan fingerprint density at radius 2 is 0.981 bits per heavy atom. The summed E-state index contributed by atoms with van der Waals surface area (Å²) in [4.78, 5) is 25.2. The first-order valence-corrected chi connectivity index (χ1v) is 17.8. The Balaban J connectivity index is 1.000. The highest BCUT2D eigenvalue weighted by molar-refractivity contribution is 5.96. The minimum absolute atomic E-state index is 0.134. The van der Waals surface area contributed by atoms with Crippen LogP contribution in [-0.2, 0) is 9.47 Å². The van der Waals surface area contributed by atoms with Crippen LogP contribution in [0.15, 0.2) is 125 Å². The maximum absolute atomic E-state index is 12.9. The van der Waals surface area contributed by atoms with E-state index in [4.69, 9.17) is 33.2 Å². The van der Waals surface area contributed by atoms with Crippen LogP contribution in [0.3, 0.4) is 0 Å². The maximum Gasteiger partial charge on any atom is 0.341 e. The lowest BCUT2D eigenvalue weighted by molar-refractivity contribution is 0.0153. The minimum Gasteiger partial charge on any atom is -0.494 e. The zero-order valence-electron chi connectivity index (χ0n) is 30.7. The predicted octanol–water partition coefficient (Wildman–Crippen LogP) is 10.6. The first-order chi connectivity index (χ1) is 26.4. The Morgan fingerprint density at radius 1 is 0.519 bits per heavy atom. The van der Waals surface area contributed by atoms with Gasteiger partial charge in [0.15, 0.2) is 0 Å². The van der Waals surface area contributed by atoms with Crippen molar-refractivity contribution in [3.05, 3.63) is 132 Å². The summed E-state index contributed by atoms with van der Waals surface area (Å²) in [5, 5.41) is 8.54. The summed E-state index contributed by atoms with van der Waals surface area (Å²) in [7, 11) is 1.27. The molecular weight excluding hydrogens is 688 g/mol. The summed E-state index contributed by atoms with van der Waals surface area (Å²) in [6, 6.07) is 34.1. The zero-order chi connectivity index (χ0) is 38.0. The van der Waals surface area contributed by atoms with Gasteiger partial charge in [0, 0.05) is 0 Å². The van der Waals surface area contributed by atoms with Crippen LogP contribution in [0, 0.1) is 6.92 Å². The number of nitrogens with zero attached hydrogens (tertiary/aromatic N) is 2. The first-order valence-electron chi connectivity index (χ1n) is 17.8. The summed E-state index contributed by atoms with van der Waals surface area (Å²) >= 11 is 0. The van der Waals surface area contributed by atoms with Gasteiger partial charge in [-0.3, -0.25) is 0 Å². The largest absolute Gasteiger partial charge is 0.494 e. The molecule has 280 valence electrons. The minimum atomic E-state index is -0.678. The lowest BCUT2D eigenvalue weighted by atomic mass is 10.1. The highest BCUT2D eigenvalue weighted by Crippen LogP contribution is 2.27. The standard InChI is InChI=1S/C43H44N2O9/c1-4-49-36-17-21-39(22-18-36)54-40-23-19-38(20-24-40)52-30-53-43(47)33-27-32(42(46)48-3)28-41(29-33)51-26-8-6-5-7-25-50-37-15-13-35(14-16-37)45-44-34-11-9-31(2)10-12-34/h9-24,27-29H,4-8,25-26,30H2,1-3H3. The van der Waals surface area contributed by atoms with Crippen molar-refractivity contribution in [3.8, 4) is 34.5 Å². The number of unbranched alkanes of at least 4 members (excludes halogenated alkanes) is 3. The molecule has 0 saturated heterocycles. The van der Waals surface area contributed by atoms with Crippen molar-refractivity contribution in [2.45, 2.75) is 39.5 Å². The second-order valence-electron chi connectivity index (χ2n) is 12.1. The lowest BCUT2D eigenvalue weighted by Gasteiger charge is -2.12. The third-order valence-electron chi connectivity index (χ3n) is 7.90. The summed E-state index contributed by atoms with van der Waals surface area (Å²) in [5.41, 5.74) is 3.04. The fraction of sp³-hybridized carbons (Fsp3) is 0.256. The van der Waals surface area contributed by atoms with Crippen LogP contribution in [0.1, 0.15) is 58.9 Å². The first kappa shape index (κ1) is 38.9. The van der Waals surface area contributed by atoms with Crippen LogP contribution in [0.4, 0.5) is 11.4 Å². The summed E-state index contributed by atoms with van der Waals surface area (Å²) < 4.78 is 38.9. The van der Waals surface area contributed by atoms with E-state index in [1.807, 2.05) is 86.6 Å². The molecule has 11 heteroatoms. The number of carbonyl (C=O) groups is 2. The van der Waals surface area contributed by atoms with E-state index in [0.29, 0.717) is 42.8 Å². The molecule has 0 aliphatic carbocycles. The Kier molecular flexibility index (Phi) is 14.8. The highest BCUT2D eigenvalue weighted by Gasteiger charge is 2.16. The summed E-state index contributed by atoms with van der Waals surface area (Å²) in [6.45, 7) is 5.20. The molecule has 0 aromatic heterocycles. The molecule has 5 rings (SSSR count). The molecule has 11 nitrogen and oxygen atoms in total. The van der Waals surface area contributed by atoms with Gasteiger partial charge in [0.1, 0.15) is 34.5 Å². The average Bonchev–Trinajstić information content (AvgIpc) is 3.20. The average molecular weight is 733 g/mol. The molecule has 0 aliphatic rings. The smallest absolute Gasteiger partial charge is 0.341 e. The molecule has 0 saturated carbocycles. The fourth-order valence-electron chi connectivity index (χ4n) is 5.05. The number of hydrogen-bond donors (Lipinski definition) is 0. The van der Waals surface area contributed by atoms with Crippen LogP contribution in [0.25, 0.3) is 0 Å². The lowest BCUT2D eigenvalue weighted by Crippen LogP contribution is -2.12. The van der Waals surface area contributed by atoms with Crippen LogP contribution >= 0.6 is 0 Å². The Morgan fingerprint density at radius 3 is 1.54 bits per heavy atom.